The zero-order chi connectivity index (χ0) is 22.2. The molecular weight excluding hydrogens is 616 g/mol. The standard InChI is InChI=1S/C30H26Te2/c1-23(29(25-15-7-3-8-16-25)26-17-9-4-10-18-26)31-32-24(2)30(27-19-11-5-12-20-27)28-21-13-6-14-22-28/h3-22H,1-2H3. The van der Waals surface area contributed by atoms with Crippen molar-refractivity contribution >= 4 is 45.3 Å². The molecule has 0 aliphatic carbocycles. The van der Waals surface area contributed by atoms with Crippen LogP contribution >= 0.6 is 0 Å². The molecule has 0 atom stereocenters. The molecular formula is C30H26Te2. The van der Waals surface area contributed by atoms with Crippen molar-refractivity contribution in [1.82, 2.24) is 0 Å². The fourth-order valence-electron chi connectivity index (χ4n) is 3.77. The molecule has 0 heterocycles. The van der Waals surface area contributed by atoms with Crippen molar-refractivity contribution < 1.29 is 0 Å². The molecule has 4 aromatic rings. The summed E-state index contributed by atoms with van der Waals surface area (Å²) < 4.78 is 3.21. The zero-order valence-electron chi connectivity index (χ0n) is 18.4. The van der Waals surface area contributed by atoms with E-state index in [9.17, 15) is 0 Å². The first-order valence-electron chi connectivity index (χ1n) is 10.7. The summed E-state index contributed by atoms with van der Waals surface area (Å²) in [6.45, 7) is 4.75. The monoisotopic (exact) mass is 646 g/mol. The Balaban J connectivity index is 1.71. The summed E-state index contributed by atoms with van der Waals surface area (Å²) in [5.74, 6) is 0. The minimum absolute atomic E-state index is 0.252. The van der Waals surface area contributed by atoms with Crippen molar-refractivity contribution in [3.05, 3.63) is 151 Å². The van der Waals surface area contributed by atoms with Gasteiger partial charge in [-0.15, -0.1) is 0 Å². The molecule has 0 amide bonds. The van der Waals surface area contributed by atoms with Crippen LogP contribution in [0, 0.1) is 0 Å². The fraction of sp³-hybridized carbons (Fsp3) is 0.0667. The second kappa shape index (κ2) is 11.7. The van der Waals surface area contributed by atoms with Crippen LogP contribution in [0.3, 0.4) is 0 Å². The van der Waals surface area contributed by atoms with Crippen LogP contribution in [0.5, 0.6) is 0 Å². The van der Waals surface area contributed by atoms with E-state index < -0.39 is 0 Å². The van der Waals surface area contributed by atoms with E-state index in [1.165, 1.54) is 33.4 Å². The van der Waals surface area contributed by atoms with Gasteiger partial charge in [0.15, 0.2) is 0 Å². The summed E-state index contributed by atoms with van der Waals surface area (Å²) in [7, 11) is 0. The molecule has 0 bridgehead atoms. The van der Waals surface area contributed by atoms with Crippen LogP contribution in [-0.4, -0.2) is 34.1 Å². The minimum atomic E-state index is -0.252. The third kappa shape index (κ3) is 5.84. The first kappa shape index (κ1) is 23.1. The summed E-state index contributed by atoms with van der Waals surface area (Å²) in [4.78, 5) is 0. The molecule has 0 spiro atoms. The molecule has 0 N–H and O–H groups in total. The molecule has 32 heavy (non-hydrogen) atoms. The molecule has 0 aromatic heterocycles. The number of rotatable bonds is 7. The van der Waals surface area contributed by atoms with Gasteiger partial charge < -0.3 is 0 Å². The van der Waals surface area contributed by atoms with Crippen molar-refractivity contribution in [3.63, 3.8) is 0 Å². The van der Waals surface area contributed by atoms with Gasteiger partial charge in [-0.25, -0.2) is 0 Å². The molecule has 4 rings (SSSR count). The molecule has 4 aromatic carbocycles. The van der Waals surface area contributed by atoms with Gasteiger partial charge in [0.2, 0.25) is 0 Å². The Morgan fingerprint density at radius 2 is 0.594 bits per heavy atom. The maximum atomic E-state index is 2.38. The number of allylic oxidation sites excluding steroid dienone is 2. The Kier molecular flexibility index (Phi) is 8.45. The van der Waals surface area contributed by atoms with Gasteiger partial charge in [0.05, 0.1) is 0 Å². The third-order valence-corrected chi connectivity index (χ3v) is 19.2. The van der Waals surface area contributed by atoms with Gasteiger partial charge in [-0.3, -0.25) is 0 Å². The predicted octanol–water partition coefficient (Wildman–Crippen LogP) is 7.27. The van der Waals surface area contributed by atoms with E-state index in [4.69, 9.17) is 0 Å². The molecule has 0 radical (unpaired) electrons. The van der Waals surface area contributed by atoms with Gasteiger partial charge in [0.1, 0.15) is 0 Å². The summed E-state index contributed by atoms with van der Waals surface area (Å²) in [6.07, 6.45) is 0. The van der Waals surface area contributed by atoms with Gasteiger partial charge >= 0.3 is 210 Å². The van der Waals surface area contributed by atoms with Crippen molar-refractivity contribution in [1.29, 1.82) is 0 Å². The Bertz CT molecular complexity index is 1010. The average Bonchev–Trinajstić information content (AvgIpc) is 2.86. The van der Waals surface area contributed by atoms with Crippen LogP contribution in [0.25, 0.3) is 11.1 Å². The molecule has 0 aliphatic heterocycles. The molecule has 0 unspecified atom stereocenters. The van der Waals surface area contributed by atoms with Crippen LogP contribution < -0.4 is 0 Å². The summed E-state index contributed by atoms with van der Waals surface area (Å²) in [6, 6.07) is 43.6. The first-order chi connectivity index (χ1) is 15.7. The molecule has 0 saturated carbocycles. The SMILES string of the molecule is CC([Te][Te]C(C)=C(c1ccccc1)c1ccccc1)=C(c1ccccc1)c1ccccc1. The van der Waals surface area contributed by atoms with E-state index in [2.05, 4.69) is 135 Å². The quantitative estimate of drug-likeness (QED) is 0.186. The molecule has 0 aliphatic rings. The predicted molar refractivity (Wildman–Crippen MR) is 141 cm³/mol. The van der Waals surface area contributed by atoms with Gasteiger partial charge in [-0.2, -0.15) is 0 Å². The van der Waals surface area contributed by atoms with Crippen LogP contribution in [0.15, 0.2) is 129 Å². The van der Waals surface area contributed by atoms with E-state index in [1.54, 1.807) is 7.24 Å². The van der Waals surface area contributed by atoms with E-state index in [1.807, 2.05) is 0 Å². The topological polar surface area (TPSA) is 0 Å². The second-order valence-corrected chi connectivity index (χ2v) is 18.3. The average molecular weight is 642 g/mol. The van der Waals surface area contributed by atoms with E-state index in [0.717, 1.165) is 0 Å². The zero-order valence-corrected chi connectivity index (χ0v) is 23.0. The fourth-order valence-corrected chi connectivity index (χ4v) is 14.3. The Morgan fingerprint density at radius 1 is 0.375 bits per heavy atom. The molecule has 158 valence electrons. The van der Waals surface area contributed by atoms with Crippen LogP contribution in [0.2, 0.25) is 0 Å². The first-order valence-corrected chi connectivity index (χ1v) is 20.4. The Hall–Kier alpha value is -2.06. The van der Waals surface area contributed by atoms with Crippen LogP contribution in [-0.2, 0) is 0 Å². The number of hydrogen-bond donors (Lipinski definition) is 0. The van der Waals surface area contributed by atoms with Crippen LogP contribution in [0.1, 0.15) is 36.1 Å². The second-order valence-electron chi connectivity index (χ2n) is 7.49. The van der Waals surface area contributed by atoms with Gasteiger partial charge in [-0.05, 0) is 0 Å². The molecule has 2 heteroatoms. The molecule has 0 nitrogen and oxygen atoms in total. The van der Waals surface area contributed by atoms with Crippen molar-refractivity contribution in [2.24, 2.45) is 0 Å². The van der Waals surface area contributed by atoms with Gasteiger partial charge in [0, 0.05) is 0 Å². The van der Waals surface area contributed by atoms with Gasteiger partial charge in [0.25, 0.3) is 0 Å². The number of benzene rings is 4. The van der Waals surface area contributed by atoms with Crippen molar-refractivity contribution in [3.8, 4) is 0 Å². The van der Waals surface area contributed by atoms with Gasteiger partial charge in [-0.1, -0.05) is 0 Å². The third-order valence-electron chi connectivity index (χ3n) is 5.25. The van der Waals surface area contributed by atoms with E-state index in [-0.39, 0.29) is 34.1 Å². The Morgan fingerprint density at radius 3 is 0.812 bits per heavy atom. The van der Waals surface area contributed by atoms with Crippen molar-refractivity contribution in [2.45, 2.75) is 13.8 Å². The van der Waals surface area contributed by atoms with E-state index >= 15 is 0 Å². The summed E-state index contributed by atoms with van der Waals surface area (Å²) in [5.41, 5.74) is 8.21. The van der Waals surface area contributed by atoms with Crippen molar-refractivity contribution in [2.75, 3.05) is 0 Å². The molecule has 0 fully saturated rings. The van der Waals surface area contributed by atoms with E-state index in [0.29, 0.717) is 0 Å². The number of hydrogen-bond acceptors (Lipinski definition) is 0. The molecule has 0 saturated heterocycles. The Labute approximate surface area is 208 Å². The summed E-state index contributed by atoms with van der Waals surface area (Å²) in [5, 5.41) is 0. The summed E-state index contributed by atoms with van der Waals surface area (Å²) >= 11 is -0.503. The van der Waals surface area contributed by atoms with Crippen LogP contribution in [0.4, 0.5) is 0 Å². The normalized spacial score (nSPS) is 10.4. The maximum absolute atomic E-state index is 2.38.